The van der Waals surface area contributed by atoms with Crippen molar-refractivity contribution >= 4 is 33.5 Å². The van der Waals surface area contributed by atoms with Crippen LogP contribution in [0.15, 0.2) is 72.8 Å². The lowest BCUT2D eigenvalue weighted by Gasteiger charge is -2.07. The van der Waals surface area contributed by atoms with Crippen molar-refractivity contribution in [2.75, 3.05) is 0 Å². The number of rotatable bonds is 6. The second kappa shape index (κ2) is 10.3. The lowest BCUT2D eigenvalue weighted by Crippen LogP contribution is -1.98. The number of aromatic hydroxyl groups is 2. The van der Waals surface area contributed by atoms with Gasteiger partial charge in [0.1, 0.15) is 11.5 Å². The monoisotopic (exact) mass is 432 g/mol. The third kappa shape index (κ3) is 5.55. The molecule has 164 valence electrons. The van der Waals surface area contributed by atoms with Crippen LogP contribution in [-0.2, 0) is 22.4 Å². The number of aryl methyl sites for hydroxylation is 2. The van der Waals surface area contributed by atoms with Gasteiger partial charge in [0.15, 0.2) is 0 Å². The molecular formula is C26H24O6. The number of fused-ring (bicyclic) bond motifs is 2. The lowest BCUT2D eigenvalue weighted by molar-refractivity contribution is -0.138. The summed E-state index contributed by atoms with van der Waals surface area (Å²) in [4.78, 5) is 21.0. The van der Waals surface area contributed by atoms with Gasteiger partial charge in [-0.15, -0.1) is 0 Å². The molecule has 32 heavy (non-hydrogen) atoms. The Hall–Kier alpha value is -4.06. The number of hydrogen-bond acceptors (Lipinski definition) is 4. The van der Waals surface area contributed by atoms with Gasteiger partial charge < -0.3 is 20.4 Å². The SMILES string of the molecule is O=C(O)CCc1c(O)ccc2ccccc12.O=C(O)CCc1ccc2ccccc2c1O. The number of carbonyl (C=O) groups is 2. The highest BCUT2D eigenvalue weighted by molar-refractivity contribution is 5.89. The maximum Gasteiger partial charge on any atom is 0.303 e. The number of hydrogen-bond donors (Lipinski definition) is 4. The summed E-state index contributed by atoms with van der Waals surface area (Å²) in [5, 5.41) is 40.6. The Bertz CT molecular complexity index is 1260. The molecule has 4 aromatic carbocycles. The van der Waals surface area contributed by atoms with E-state index in [0.717, 1.165) is 21.5 Å². The quantitative estimate of drug-likeness (QED) is 0.336. The molecule has 4 aromatic rings. The van der Waals surface area contributed by atoms with Crippen molar-refractivity contribution in [2.24, 2.45) is 0 Å². The number of carboxylic acid groups (broad SMARTS) is 2. The number of phenols is 2. The molecule has 0 atom stereocenters. The minimum Gasteiger partial charge on any atom is -0.508 e. The molecule has 0 spiro atoms. The van der Waals surface area contributed by atoms with Gasteiger partial charge in [-0.05, 0) is 40.6 Å². The van der Waals surface area contributed by atoms with Crippen LogP contribution in [-0.4, -0.2) is 32.4 Å². The highest BCUT2D eigenvalue weighted by atomic mass is 16.4. The van der Waals surface area contributed by atoms with Crippen molar-refractivity contribution in [1.29, 1.82) is 0 Å². The zero-order valence-electron chi connectivity index (χ0n) is 17.4. The average molecular weight is 432 g/mol. The second-order valence-electron chi connectivity index (χ2n) is 7.37. The van der Waals surface area contributed by atoms with Gasteiger partial charge in [-0.1, -0.05) is 66.7 Å². The summed E-state index contributed by atoms with van der Waals surface area (Å²) < 4.78 is 0. The van der Waals surface area contributed by atoms with Gasteiger partial charge in [0, 0.05) is 23.8 Å². The Morgan fingerprint density at radius 3 is 1.81 bits per heavy atom. The van der Waals surface area contributed by atoms with E-state index in [2.05, 4.69) is 0 Å². The first-order valence-electron chi connectivity index (χ1n) is 10.2. The molecule has 0 heterocycles. The summed E-state index contributed by atoms with van der Waals surface area (Å²) in [6.07, 6.45) is 0.766. The molecule has 0 bridgehead atoms. The highest BCUT2D eigenvalue weighted by Crippen LogP contribution is 2.29. The summed E-state index contributed by atoms with van der Waals surface area (Å²) in [5.74, 6) is -1.35. The first kappa shape index (κ1) is 22.6. The standard InChI is InChI=1S/2C13H12O3/c14-12-7-5-9-3-1-2-4-10(9)11(12)6-8-13(15)16;14-12(15)8-7-10-6-5-9-3-1-2-4-11(9)13(10)16/h1-5,7,14H,6,8H2,(H,15,16);1-6,16H,7-8H2,(H,14,15). The molecule has 4 rings (SSSR count). The van der Waals surface area contributed by atoms with Gasteiger partial charge in [-0.3, -0.25) is 9.59 Å². The molecule has 0 amide bonds. The minimum absolute atomic E-state index is 0.0293. The topological polar surface area (TPSA) is 115 Å². The zero-order valence-corrected chi connectivity index (χ0v) is 17.4. The fraction of sp³-hybridized carbons (Fsp3) is 0.154. The van der Waals surface area contributed by atoms with E-state index < -0.39 is 11.9 Å². The first-order valence-corrected chi connectivity index (χ1v) is 10.2. The molecule has 4 N–H and O–H groups in total. The van der Waals surface area contributed by atoms with Crippen molar-refractivity contribution in [2.45, 2.75) is 25.7 Å². The van der Waals surface area contributed by atoms with Crippen molar-refractivity contribution in [1.82, 2.24) is 0 Å². The smallest absolute Gasteiger partial charge is 0.303 e. The molecule has 0 saturated heterocycles. The van der Waals surface area contributed by atoms with Gasteiger partial charge in [-0.2, -0.15) is 0 Å². The van der Waals surface area contributed by atoms with Gasteiger partial charge in [0.05, 0.1) is 0 Å². The van der Waals surface area contributed by atoms with Crippen molar-refractivity contribution in [3.05, 3.63) is 83.9 Å². The molecule has 6 nitrogen and oxygen atoms in total. The van der Waals surface area contributed by atoms with Gasteiger partial charge in [-0.25, -0.2) is 0 Å². The molecule has 0 aliphatic heterocycles. The first-order chi connectivity index (χ1) is 15.4. The molecule has 0 aliphatic carbocycles. The summed E-state index contributed by atoms with van der Waals surface area (Å²) in [7, 11) is 0. The van der Waals surface area contributed by atoms with Crippen LogP contribution >= 0.6 is 0 Å². The molecule has 0 saturated carbocycles. The van der Waals surface area contributed by atoms with E-state index in [9.17, 15) is 19.8 Å². The normalized spacial score (nSPS) is 10.5. The fourth-order valence-corrected chi connectivity index (χ4v) is 3.56. The van der Waals surface area contributed by atoms with Crippen molar-refractivity contribution < 1.29 is 30.0 Å². The van der Waals surface area contributed by atoms with Crippen molar-refractivity contribution in [3.8, 4) is 11.5 Å². The number of carboxylic acids is 2. The zero-order chi connectivity index (χ0) is 23.1. The maximum absolute atomic E-state index is 10.5. The summed E-state index contributed by atoms with van der Waals surface area (Å²) in [5.41, 5.74) is 1.39. The Morgan fingerprint density at radius 1 is 0.625 bits per heavy atom. The van der Waals surface area contributed by atoms with Crippen LogP contribution in [0, 0.1) is 0 Å². The van der Waals surface area contributed by atoms with Crippen LogP contribution < -0.4 is 0 Å². The summed E-state index contributed by atoms with van der Waals surface area (Å²) in [6.45, 7) is 0. The Labute approximate surface area is 185 Å². The molecule has 0 aromatic heterocycles. The molecule has 0 fully saturated rings. The largest absolute Gasteiger partial charge is 0.508 e. The van der Waals surface area contributed by atoms with Crippen LogP contribution in [0.3, 0.4) is 0 Å². The molecule has 0 aliphatic rings. The lowest BCUT2D eigenvalue weighted by atomic mass is 10.00. The Kier molecular flexibility index (Phi) is 7.29. The second-order valence-corrected chi connectivity index (χ2v) is 7.37. The van der Waals surface area contributed by atoms with E-state index in [-0.39, 0.29) is 24.3 Å². The van der Waals surface area contributed by atoms with Crippen LogP contribution in [0.25, 0.3) is 21.5 Å². The van der Waals surface area contributed by atoms with E-state index in [0.29, 0.717) is 24.0 Å². The predicted octanol–water partition coefficient (Wildman–Crippen LogP) is 5.13. The third-order valence-corrected chi connectivity index (χ3v) is 5.20. The fourth-order valence-electron chi connectivity index (χ4n) is 3.56. The van der Waals surface area contributed by atoms with Crippen LogP contribution in [0.4, 0.5) is 0 Å². The van der Waals surface area contributed by atoms with Crippen molar-refractivity contribution in [3.63, 3.8) is 0 Å². The van der Waals surface area contributed by atoms with E-state index in [1.807, 2.05) is 60.7 Å². The predicted molar refractivity (Wildman–Crippen MR) is 123 cm³/mol. The summed E-state index contributed by atoms with van der Waals surface area (Å²) in [6, 6.07) is 22.2. The molecule has 0 unspecified atom stereocenters. The average Bonchev–Trinajstić information content (AvgIpc) is 2.78. The maximum atomic E-state index is 10.5. The Morgan fingerprint density at radius 2 is 1.16 bits per heavy atom. The van der Waals surface area contributed by atoms with E-state index in [4.69, 9.17) is 10.2 Å². The Balaban J connectivity index is 0.000000181. The number of benzene rings is 4. The van der Waals surface area contributed by atoms with Gasteiger partial charge in [0.25, 0.3) is 0 Å². The van der Waals surface area contributed by atoms with E-state index >= 15 is 0 Å². The third-order valence-electron chi connectivity index (χ3n) is 5.20. The van der Waals surface area contributed by atoms with E-state index in [1.165, 1.54) is 0 Å². The molecular weight excluding hydrogens is 408 g/mol. The van der Waals surface area contributed by atoms with Crippen LogP contribution in [0.2, 0.25) is 0 Å². The highest BCUT2D eigenvalue weighted by Gasteiger charge is 2.09. The van der Waals surface area contributed by atoms with Crippen LogP contribution in [0.5, 0.6) is 11.5 Å². The minimum atomic E-state index is -0.854. The summed E-state index contributed by atoms with van der Waals surface area (Å²) >= 11 is 0. The number of aliphatic carboxylic acids is 2. The van der Waals surface area contributed by atoms with Gasteiger partial charge >= 0.3 is 11.9 Å². The van der Waals surface area contributed by atoms with E-state index in [1.54, 1.807) is 12.1 Å². The molecule has 6 heteroatoms. The van der Waals surface area contributed by atoms with Gasteiger partial charge in [0.2, 0.25) is 0 Å². The molecule has 0 radical (unpaired) electrons. The number of phenolic OH excluding ortho intramolecular Hbond substituents is 2. The van der Waals surface area contributed by atoms with Crippen LogP contribution in [0.1, 0.15) is 24.0 Å².